The van der Waals surface area contributed by atoms with Crippen molar-refractivity contribution in [2.75, 3.05) is 6.54 Å². The molecule has 0 aromatic heterocycles. The summed E-state index contributed by atoms with van der Waals surface area (Å²) in [7, 11) is 0. The number of aryl methyl sites for hydroxylation is 1. The van der Waals surface area contributed by atoms with Crippen LogP contribution in [-0.2, 0) is 11.2 Å². The number of hydrogen-bond donors (Lipinski definition) is 0. The minimum absolute atomic E-state index is 0.133. The normalized spacial score (nSPS) is 18.2. The third-order valence-corrected chi connectivity index (χ3v) is 4.82. The van der Waals surface area contributed by atoms with Gasteiger partial charge in [-0.3, -0.25) is 4.79 Å². The van der Waals surface area contributed by atoms with Gasteiger partial charge in [0.05, 0.1) is 6.04 Å². The Morgan fingerprint density at radius 1 is 1.00 bits per heavy atom. The van der Waals surface area contributed by atoms with E-state index in [1.807, 2.05) is 29.2 Å². The van der Waals surface area contributed by atoms with Gasteiger partial charge in [0.15, 0.2) is 0 Å². The summed E-state index contributed by atoms with van der Waals surface area (Å²) in [6, 6.07) is 17.2. The molecule has 1 heterocycles. The first-order valence-electron chi connectivity index (χ1n) is 8.83. The Morgan fingerprint density at radius 2 is 1.75 bits per heavy atom. The monoisotopic (exact) mass is 325 g/mol. The Kier molecular flexibility index (Phi) is 5.63. The van der Waals surface area contributed by atoms with Crippen LogP contribution in [0.25, 0.3) is 0 Å². The van der Waals surface area contributed by atoms with Crippen molar-refractivity contribution in [1.29, 1.82) is 0 Å². The summed E-state index contributed by atoms with van der Waals surface area (Å²) in [4.78, 5) is 14.8. The van der Waals surface area contributed by atoms with E-state index in [4.69, 9.17) is 0 Å². The van der Waals surface area contributed by atoms with Crippen molar-refractivity contribution in [3.63, 3.8) is 0 Å². The van der Waals surface area contributed by atoms with Gasteiger partial charge in [-0.1, -0.05) is 61.4 Å². The van der Waals surface area contributed by atoms with Crippen molar-refractivity contribution in [2.24, 2.45) is 0 Å². The van der Waals surface area contributed by atoms with Crippen molar-refractivity contribution >= 4 is 5.91 Å². The van der Waals surface area contributed by atoms with Gasteiger partial charge in [0.2, 0.25) is 5.91 Å². The molecule has 1 aliphatic heterocycles. The number of likely N-dealkylation sites (tertiary alicyclic amines) is 1. The van der Waals surface area contributed by atoms with E-state index in [2.05, 4.69) is 12.1 Å². The lowest BCUT2D eigenvalue weighted by atomic mass is 10.00. The average Bonchev–Trinajstić information content (AvgIpc) is 2.87. The molecule has 1 saturated heterocycles. The first-order valence-corrected chi connectivity index (χ1v) is 8.83. The molecule has 1 aliphatic rings. The fourth-order valence-electron chi connectivity index (χ4n) is 3.51. The number of carbonyl (C=O) groups is 1. The van der Waals surface area contributed by atoms with E-state index < -0.39 is 0 Å². The van der Waals surface area contributed by atoms with E-state index in [-0.39, 0.29) is 17.8 Å². The van der Waals surface area contributed by atoms with Gasteiger partial charge in [-0.05, 0) is 36.5 Å². The number of nitrogens with zero attached hydrogens (tertiary/aromatic N) is 1. The molecule has 0 bridgehead atoms. The molecule has 3 rings (SSSR count). The van der Waals surface area contributed by atoms with Crippen LogP contribution in [0, 0.1) is 5.82 Å². The molecule has 0 saturated carbocycles. The second-order valence-corrected chi connectivity index (χ2v) is 6.45. The number of benzene rings is 2. The Hall–Kier alpha value is -2.16. The van der Waals surface area contributed by atoms with Crippen LogP contribution in [0.1, 0.15) is 49.3 Å². The van der Waals surface area contributed by atoms with Gasteiger partial charge in [-0.2, -0.15) is 0 Å². The molecule has 24 heavy (non-hydrogen) atoms. The summed E-state index contributed by atoms with van der Waals surface area (Å²) >= 11 is 0. The van der Waals surface area contributed by atoms with E-state index in [1.54, 1.807) is 12.1 Å². The van der Waals surface area contributed by atoms with Crippen LogP contribution < -0.4 is 0 Å². The molecule has 0 spiro atoms. The minimum Gasteiger partial charge on any atom is -0.336 e. The summed E-state index contributed by atoms with van der Waals surface area (Å²) in [6.45, 7) is 0.801. The molecule has 126 valence electrons. The zero-order valence-electron chi connectivity index (χ0n) is 14.0. The lowest BCUT2D eigenvalue weighted by Gasteiger charge is -2.30. The Bertz CT molecular complexity index is 671. The maximum Gasteiger partial charge on any atom is 0.223 e. The summed E-state index contributed by atoms with van der Waals surface area (Å²) in [5.41, 5.74) is 1.83. The summed E-state index contributed by atoms with van der Waals surface area (Å²) in [5, 5.41) is 0. The van der Waals surface area contributed by atoms with Crippen LogP contribution in [0.5, 0.6) is 0 Å². The molecule has 1 fully saturated rings. The molecule has 3 heteroatoms. The molecular weight excluding hydrogens is 301 g/mol. The SMILES string of the molecule is O=C(CCc1ccccc1F)N1CCCCCC1c1ccccc1. The fourth-order valence-corrected chi connectivity index (χ4v) is 3.51. The number of halogens is 1. The van der Waals surface area contributed by atoms with Crippen molar-refractivity contribution in [2.45, 2.75) is 44.6 Å². The number of carbonyl (C=O) groups excluding carboxylic acids is 1. The Labute approximate surface area is 143 Å². The predicted octanol–water partition coefficient (Wildman–Crippen LogP) is 4.90. The summed E-state index contributed by atoms with van der Waals surface area (Å²) in [6.07, 6.45) is 5.20. The Balaban J connectivity index is 1.71. The van der Waals surface area contributed by atoms with Gasteiger partial charge >= 0.3 is 0 Å². The van der Waals surface area contributed by atoms with E-state index in [9.17, 15) is 9.18 Å². The quantitative estimate of drug-likeness (QED) is 0.783. The maximum atomic E-state index is 13.8. The van der Waals surface area contributed by atoms with E-state index in [0.29, 0.717) is 18.4 Å². The number of rotatable bonds is 4. The highest BCUT2D eigenvalue weighted by molar-refractivity contribution is 5.77. The van der Waals surface area contributed by atoms with Crippen LogP contribution >= 0.6 is 0 Å². The molecule has 0 radical (unpaired) electrons. The van der Waals surface area contributed by atoms with E-state index in [0.717, 1.165) is 25.8 Å². The van der Waals surface area contributed by atoms with E-state index >= 15 is 0 Å². The van der Waals surface area contributed by atoms with Gasteiger partial charge in [0, 0.05) is 13.0 Å². The molecular formula is C21H24FNO. The maximum absolute atomic E-state index is 13.8. The predicted molar refractivity (Wildman–Crippen MR) is 94.1 cm³/mol. The lowest BCUT2D eigenvalue weighted by Crippen LogP contribution is -2.35. The van der Waals surface area contributed by atoms with Gasteiger partial charge in [-0.15, -0.1) is 0 Å². The minimum atomic E-state index is -0.222. The van der Waals surface area contributed by atoms with Crippen molar-refractivity contribution in [1.82, 2.24) is 4.90 Å². The van der Waals surface area contributed by atoms with Crippen molar-refractivity contribution in [3.8, 4) is 0 Å². The molecule has 2 aromatic carbocycles. The highest BCUT2D eigenvalue weighted by Crippen LogP contribution is 2.30. The fraction of sp³-hybridized carbons (Fsp3) is 0.381. The summed E-state index contributed by atoms with van der Waals surface area (Å²) in [5.74, 6) is -0.0882. The van der Waals surface area contributed by atoms with Crippen molar-refractivity contribution in [3.05, 3.63) is 71.5 Å². The topological polar surface area (TPSA) is 20.3 Å². The van der Waals surface area contributed by atoms with Gasteiger partial charge in [0.1, 0.15) is 5.82 Å². The Morgan fingerprint density at radius 3 is 2.54 bits per heavy atom. The molecule has 1 amide bonds. The van der Waals surface area contributed by atoms with E-state index in [1.165, 1.54) is 18.1 Å². The first-order chi connectivity index (χ1) is 11.8. The van der Waals surface area contributed by atoms with Crippen LogP contribution in [0.3, 0.4) is 0 Å². The van der Waals surface area contributed by atoms with Crippen LogP contribution in [0.2, 0.25) is 0 Å². The second-order valence-electron chi connectivity index (χ2n) is 6.45. The van der Waals surface area contributed by atoms with Crippen LogP contribution in [0.15, 0.2) is 54.6 Å². The van der Waals surface area contributed by atoms with Crippen LogP contribution in [0.4, 0.5) is 4.39 Å². The molecule has 1 unspecified atom stereocenters. The molecule has 0 aliphatic carbocycles. The number of amides is 1. The summed E-state index contributed by atoms with van der Waals surface area (Å²) < 4.78 is 13.8. The molecule has 2 nitrogen and oxygen atoms in total. The second kappa shape index (κ2) is 8.09. The zero-order valence-corrected chi connectivity index (χ0v) is 14.0. The third-order valence-electron chi connectivity index (χ3n) is 4.82. The molecule has 0 N–H and O–H groups in total. The lowest BCUT2D eigenvalue weighted by molar-refractivity contribution is -0.133. The third kappa shape index (κ3) is 4.02. The smallest absolute Gasteiger partial charge is 0.223 e. The molecule has 1 atom stereocenters. The molecule has 2 aromatic rings. The van der Waals surface area contributed by atoms with Crippen LogP contribution in [-0.4, -0.2) is 17.4 Å². The van der Waals surface area contributed by atoms with Crippen molar-refractivity contribution < 1.29 is 9.18 Å². The van der Waals surface area contributed by atoms with Gasteiger partial charge in [0.25, 0.3) is 0 Å². The van der Waals surface area contributed by atoms with Gasteiger partial charge < -0.3 is 4.90 Å². The van der Waals surface area contributed by atoms with Gasteiger partial charge in [-0.25, -0.2) is 4.39 Å². The first kappa shape index (κ1) is 16.7. The highest BCUT2D eigenvalue weighted by atomic mass is 19.1. The highest BCUT2D eigenvalue weighted by Gasteiger charge is 2.26. The standard InChI is InChI=1S/C21H24FNO/c22-19-12-7-6-9-17(19)14-15-21(24)23-16-8-2-5-13-20(23)18-10-3-1-4-11-18/h1,3-4,6-7,9-12,20H,2,5,8,13-16H2. The zero-order chi connectivity index (χ0) is 16.8. The number of hydrogen-bond acceptors (Lipinski definition) is 1. The largest absolute Gasteiger partial charge is 0.336 e. The average molecular weight is 325 g/mol.